The van der Waals surface area contributed by atoms with Crippen LogP contribution < -0.4 is 10.5 Å². The van der Waals surface area contributed by atoms with Gasteiger partial charge in [0.25, 0.3) is 11.8 Å². The van der Waals surface area contributed by atoms with E-state index in [-0.39, 0.29) is 0 Å². The van der Waals surface area contributed by atoms with Crippen molar-refractivity contribution in [2.75, 3.05) is 4.90 Å². The Morgan fingerprint density at radius 2 is 1.68 bits per heavy atom. The number of imide groups is 1. The average molecular weight is 255 g/mol. The van der Waals surface area contributed by atoms with Crippen LogP contribution in [0.5, 0.6) is 0 Å². The summed E-state index contributed by atoms with van der Waals surface area (Å²) in [6.07, 6.45) is 2.41. The predicted octanol–water partition coefficient (Wildman–Crippen LogP) is 1.53. The van der Waals surface area contributed by atoms with Crippen LogP contribution in [-0.4, -0.2) is 11.8 Å². The van der Waals surface area contributed by atoms with E-state index in [9.17, 15) is 14.4 Å². The Morgan fingerprint density at radius 1 is 1.00 bits per heavy atom. The number of carbonyl (C=O) groups excluding carboxylic acids is 2. The topological polar surface area (TPSA) is 67.6 Å². The van der Waals surface area contributed by atoms with Crippen LogP contribution in [0, 0.1) is 6.92 Å². The van der Waals surface area contributed by atoms with Crippen molar-refractivity contribution in [3.63, 3.8) is 0 Å². The lowest BCUT2D eigenvalue weighted by Gasteiger charge is -2.14. The highest BCUT2D eigenvalue weighted by atomic mass is 16.4. The molecule has 0 fully saturated rings. The highest BCUT2D eigenvalue weighted by Gasteiger charge is 2.25. The predicted molar refractivity (Wildman–Crippen MR) is 68.9 cm³/mol. The summed E-state index contributed by atoms with van der Waals surface area (Å²) >= 11 is 0. The van der Waals surface area contributed by atoms with E-state index in [0.717, 1.165) is 15.8 Å². The number of fused-ring (bicyclic) bond motifs is 1. The third kappa shape index (κ3) is 1.76. The fourth-order valence-electron chi connectivity index (χ4n) is 2.11. The fraction of sp³-hybridized carbons (Fsp3) is 0.0714. The first-order valence-corrected chi connectivity index (χ1v) is 5.67. The maximum atomic E-state index is 11.6. The molecule has 0 spiro atoms. The minimum absolute atomic E-state index is 0.356. The van der Waals surface area contributed by atoms with Gasteiger partial charge in [0.05, 0.1) is 5.69 Å². The monoisotopic (exact) mass is 255 g/mol. The molecular weight excluding hydrogens is 246 g/mol. The molecule has 0 saturated carbocycles. The second-order valence-electron chi connectivity index (χ2n) is 4.27. The second-order valence-corrected chi connectivity index (χ2v) is 4.27. The molecule has 1 aliphatic heterocycles. The summed E-state index contributed by atoms with van der Waals surface area (Å²) in [5.74, 6) is -0.807. The van der Waals surface area contributed by atoms with Crippen molar-refractivity contribution in [3.05, 3.63) is 52.4 Å². The van der Waals surface area contributed by atoms with E-state index in [2.05, 4.69) is 0 Å². The molecule has 0 aliphatic carbocycles. The summed E-state index contributed by atoms with van der Waals surface area (Å²) in [5, 5.41) is 0.774. The molecule has 2 heterocycles. The Labute approximate surface area is 107 Å². The van der Waals surface area contributed by atoms with Crippen LogP contribution in [0.3, 0.4) is 0 Å². The quantitative estimate of drug-likeness (QED) is 0.572. The summed E-state index contributed by atoms with van der Waals surface area (Å²) in [4.78, 5) is 35.5. The summed E-state index contributed by atoms with van der Waals surface area (Å²) in [6.45, 7) is 1.80. The Hall–Kier alpha value is -2.69. The first-order valence-electron chi connectivity index (χ1n) is 5.67. The molecule has 0 atom stereocenters. The molecule has 2 aromatic rings. The second kappa shape index (κ2) is 3.91. The van der Waals surface area contributed by atoms with Crippen molar-refractivity contribution in [1.29, 1.82) is 0 Å². The highest BCUT2D eigenvalue weighted by molar-refractivity contribution is 6.28. The molecule has 1 aromatic heterocycles. The number of hydrogen-bond acceptors (Lipinski definition) is 4. The third-order valence-electron chi connectivity index (χ3n) is 3.00. The first kappa shape index (κ1) is 11.4. The molecule has 0 radical (unpaired) electrons. The van der Waals surface area contributed by atoms with Crippen LogP contribution in [0.15, 0.2) is 45.6 Å². The lowest BCUT2D eigenvalue weighted by Crippen LogP contribution is -2.29. The van der Waals surface area contributed by atoms with Crippen LogP contribution >= 0.6 is 0 Å². The van der Waals surface area contributed by atoms with Crippen LogP contribution in [0.25, 0.3) is 11.0 Å². The number of rotatable bonds is 1. The molecule has 0 N–H and O–H groups in total. The minimum atomic E-state index is -0.459. The number of nitrogens with zero attached hydrogens (tertiary/aromatic N) is 1. The molecule has 1 aliphatic rings. The molecule has 0 unspecified atom stereocenters. The van der Waals surface area contributed by atoms with E-state index < -0.39 is 17.4 Å². The van der Waals surface area contributed by atoms with Gasteiger partial charge in [0.15, 0.2) is 0 Å². The summed E-state index contributed by atoms with van der Waals surface area (Å²) < 4.78 is 5.09. The Bertz CT molecular complexity index is 783. The Morgan fingerprint density at radius 3 is 2.37 bits per heavy atom. The number of amides is 2. The van der Waals surface area contributed by atoms with Crippen molar-refractivity contribution >= 4 is 28.5 Å². The van der Waals surface area contributed by atoms with Gasteiger partial charge in [-0.1, -0.05) is 0 Å². The molecule has 5 nitrogen and oxygen atoms in total. The van der Waals surface area contributed by atoms with Gasteiger partial charge in [0.1, 0.15) is 5.58 Å². The SMILES string of the molecule is Cc1cc(=O)oc2cc(N3C(=O)C=CC3=O)ccc12. The molecule has 3 rings (SSSR count). The number of anilines is 1. The summed E-state index contributed by atoms with van der Waals surface area (Å²) in [7, 11) is 0. The maximum absolute atomic E-state index is 11.6. The summed E-state index contributed by atoms with van der Waals surface area (Å²) in [6, 6.07) is 6.29. The van der Waals surface area contributed by atoms with Gasteiger partial charge < -0.3 is 4.42 Å². The van der Waals surface area contributed by atoms with Gasteiger partial charge in [-0.3, -0.25) is 9.59 Å². The standard InChI is InChI=1S/C14H9NO4/c1-8-6-14(18)19-11-7-9(2-3-10(8)11)15-12(16)4-5-13(15)17/h2-7H,1H3. The first-order chi connectivity index (χ1) is 9.06. The van der Waals surface area contributed by atoms with E-state index in [0.29, 0.717) is 11.3 Å². The molecule has 0 saturated heterocycles. The molecule has 0 bridgehead atoms. The number of benzene rings is 1. The third-order valence-corrected chi connectivity index (χ3v) is 3.00. The zero-order chi connectivity index (χ0) is 13.6. The van der Waals surface area contributed by atoms with Crippen LogP contribution in [-0.2, 0) is 9.59 Å². The zero-order valence-corrected chi connectivity index (χ0v) is 10.0. The molecular formula is C14H9NO4. The van der Waals surface area contributed by atoms with Crippen LogP contribution in [0.1, 0.15) is 5.56 Å². The van der Waals surface area contributed by atoms with Gasteiger partial charge in [-0.25, -0.2) is 9.69 Å². The number of aryl methyl sites for hydroxylation is 1. The van der Waals surface area contributed by atoms with Crippen molar-refractivity contribution in [2.45, 2.75) is 6.92 Å². The van der Waals surface area contributed by atoms with Gasteiger partial charge >= 0.3 is 5.63 Å². The lowest BCUT2D eigenvalue weighted by atomic mass is 10.1. The van der Waals surface area contributed by atoms with Gasteiger partial charge in [0.2, 0.25) is 0 Å². The fourth-order valence-corrected chi connectivity index (χ4v) is 2.11. The Kier molecular flexibility index (Phi) is 2.35. The maximum Gasteiger partial charge on any atom is 0.336 e. The van der Waals surface area contributed by atoms with Crippen molar-refractivity contribution < 1.29 is 14.0 Å². The summed E-state index contributed by atoms with van der Waals surface area (Å²) in [5.41, 5.74) is 1.07. The van der Waals surface area contributed by atoms with E-state index in [1.165, 1.54) is 24.3 Å². The smallest absolute Gasteiger partial charge is 0.336 e. The molecule has 94 valence electrons. The highest BCUT2D eigenvalue weighted by Crippen LogP contribution is 2.25. The van der Waals surface area contributed by atoms with Crippen LogP contribution in [0.4, 0.5) is 5.69 Å². The zero-order valence-electron chi connectivity index (χ0n) is 10.0. The van der Waals surface area contributed by atoms with Gasteiger partial charge in [-0.15, -0.1) is 0 Å². The van der Waals surface area contributed by atoms with Crippen LogP contribution in [0.2, 0.25) is 0 Å². The van der Waals surface area contributed by atoms with Crippen molar-refractivity contribution in [2.24, 2.45) is 0 Å². The molecule has 2 amide bonds. The van der Waals surface area contributed by atoms with Gasteiger partial charge in [-0.2, -0.15) is 0 Å². The number of carbonyl (C=O) groups is 2. The largest absolute Gasteiger partial charge is 0.423 e. The van der Waals surface area contributed by atoms with E-state index in [1.807, 2.05) is 0 Å². The average Bonchev–Trinajstić information content (AvgIpc) is 2.68. The molecule has 5 heteroatoms. The normalized spacial score (nSPS) is 14.7. The van der Waals surface area contributed by atoms with E-state index in [1.54, 1.807) is 19.1 Å². The van der Waals surface area contributed by atoms with E-state index in [4.69, 9.17) is 4.42 Å². The number of hydrogen-bond donors (Lipinski definition) is 0. The van der Waals surface area contributed by atoms with Crippen molar-refractivity contribution in [1.82, 2.24) is 0 Å². The Balaban J connectivity index is 2.20. The molecule has 1 aromatic carbocycles. The van der Waals surface area contributed by atoms with Gasteiger partial charge in [-0.05, 0) is 24.6 Å². The lowest BCUT2D eigenvalue weighted by molar-refractivity contribution is -0.119. The van der Waals surface area contributed by atoms with E-state index >= 15 is 0 Å². The van der Waals surface area contributed by atoms with Crippen molar-refractivity contribution in [3.8, 4) is 0 Å². The minimum Gasteiger partial charge on any atom is -0.423 e. The molecule has 19 heavy (non-hydrogen) atoms. The van der Waals surface area contributed by atoms with Gasteiger partial charge in [0, 0.05) is 29.7 Å².